The van der Waals surface area contributed by atoms with Crippen LogP contribution in [0.25, 0.3) is 0 Å². The van der Waals surface area contributed by atoms with E-state index in [9.17, 15) is 14.4 Å². The highest BCUT2D eigenvalue weighted by molar-refractivity contribution is 7.14. The van der Waals surface area contributed by atoms with E-state index in [-0.39, 0.29) is 30.4 Å². The number of benzene rings is 1. The minimum atomic E-state index is -0.388. The van der Waals surface area contributed by atoms with E-state index < -0.39 is 0 Å². The molecule has 0 saturated carbocycles. The fourth-order valence-electron chi connectivity index (χ4n) is 2.63. The maximum absolute atomic E-state index is 12.3. The number of Topliss-reactive ketones (excluding diaryl/α,β-unsaturated/α-hetero) is 1. The van der Waals surface area contributed by atoms with Crippen LogP contribution in [-0.2, 0) is 11.2 Å². The molecule has 2 aromatic rings. The fourth-order valence-corrected chi connectivity index (χ4v) is 3.64. The Morgan fingerprint density at radius 2 is 1.69 bits per heavy atom. The van der Waals surface area contributed by atoms with Gasteiger partial charge in [-0.2, -0.15) is 0 Å². The molecule has 0 fully saturated rings. The van der Waals surface area contributed by atoms with Gasteiger partial charge < -0.3 is 0 Å². The quantitative estimate of drug-likeness (QED) is 0.600. The second-order valence-corrected chi connectivity index (χ2v) is 7.45. The molecule has 0 aliphatic heterocycles. The van der Waals surface area contributed by atoms with Crippen molar-refractivity contribution in [3.05, 3.63) is 56.3 Å². The highest BCUT2D eigenvalue weighted by atomic mass is 32.1. The fraction of sp³-hybridized carbons (Fsp3) is 0.350. The molecule has 2 amide bonds. The van der Waals surface area contributed by atoms with Gasteiger partial charge in [0.15, 0.2) is 5.78 Å². The molecule has 2 rings (SSSR count). The van der Waals surface area contributed by atoms with Crippen LogP contribution in [0.4, 0.5) is 0 Å². The molecule has 0 bridgehead atoms. The number of carbonyl (C=O) groups is 3. The minimum absolute atomic E-state index is 0.0240. The maximum atomic E-state index is 12.3. The highest BCUT2D eigenvalue weighted by Crippen LogP contribution is 2.22. The van der Waals surface area contributed by atoms with E-state index in [4.69, 9.17) is 0 Å². The Kier molecular flexibility index (Phi) is 6.69. The van der Waals surface area contributed by atoms with E-state index in [1.807, 2.05) is 52.0 Å². The molecule has 1 heterocycles. The summed E-state index contributed by atoms with van der Waals surface area (Å²) >= 11 is 1.42. The van der Waals surface area contributed by atoms with Gasteiger partial charge in [0.2, 0.25) is 5.91 Å². The van der Waals surface area contributed by atoms with E-state index in [0.29, 0.717) is 10.4 Å². The Morgan fingerprint density at radius 1 is 0.962 bits per heavy atom. The Bertz CT molecular complexity index is 840. The van der Waals surface area contributed by atoms with Gasteiger partial charge in [-0.3, -0.25) is 25.2 Å². The van der Waals surface area contributed by atoms with Crippen LogP contribution < -0.4 is 10.9 Å². The van der Waals surface area contributed by atoms with Crippen LogP contribution in [-0.4, -0.2) is 17.6 Å². The first kappa shape index (κ1) is 19.8. The van der Waals surface area contributed by atoms with Crippen LogP contribution in [0.1, 0.15) is 61.4 Å². The van der Waals surface area contributed by atoms with Crippen molar-refractivity contribution in [2.45, 2.75) is 47.0 Å². The molecule has 0 radical (unpaired) electrons. The molecule has 0 unspecified atom stereocenters. The number of ketones is 1. The molecule has 6 heteroatoms. The molecule has 1 aromatic heterocycles. The average Bonchev–Trinajstić information content (AvgIpc) is 3.00. The van der Waals surface area contributed by atoms with Crippen LogP contribution in [0.3, 0.4) is 0 Å². The second-order valence-electron chi connectivity index (χ2n) is 6.31. The Morgan fingerprint density at radius 3 is 2.35 bits per heavy atom. The molecular formula is C20H24N2O3S. The second kappa shape index (κ2) is 8.76. The van der Waals surface area contributed by atoms with Gasteiger partial charge in [-0.1, -0.05) is 24.6 Å². The number of nitrogens with one attached hydrogen (secondary N) is 2. The number of aryl methyl sites for hydroxylation is 4. The van der Waals surface area contributed by atoms with Crippen molar-refractivity contribution in [1.82, 2.24) is 10.9 Å². The van der Waals surface area contributed by atoms with E-state index in [2.05, 4.69) is 10.9 Å². The summed E-state index contributed by atoms with van der Waals surface area (Å²) in [6.07, 6.45) is 0.997. The summed E-state index contributed by atoms with van der Waals surface area (Å²) < 4.78 is 0. The molecule has 0 aliphatic carbocycles. The van der Waals surface area contributed by atoms with Gasteiger partial charge in [0, 0.05) is 23.3 Å². The molecule has 0 spiro atoms. The third-order valence-corrected chi connectivity index (χ3v) is 5.53. The molecule has 0 aliphatic rings. The molecule has 5 nitrogen and oxygen atoms in total. The highest BCUT2D eigenvalue weighted by Gasteiger charge is 2.14. The summed E-state index contributed by atoms with van der Waals surface area (Å²) in [4.78, 5) is 38.0. The summed E-state index contributed by atoms with van der Waals surface area (Å²) in [7, 11) is 0. The summed E-state index contributed by atoms with van der Waals surface area (Å²) in [5.41, 5.74) is 8.41. The van der Waals surface area contributed by atoms with Gasteiger partial charge in [0.25, 0.3) is 5.91 Å². The zero-order valence-corrected chi connectivity index (χ0v) is 16.4. The third kappa shape index (κ3) is 5.02. The summed E-state index contributed by atoms with van der Waals surface area (Å²) in [5, 5.41) is 0. The predicted molar refractivity (Wildman–Crippen MR) is 104 cm³/mol. The van der Waals surface area contributed by atoms with Crippen LogP contribution in [0, 0.1) is 20.8 Å². The summed E-state index contributed by atoms with van der Waals surface area (Å²) in [5.74, 6) is -0.804. The lowest BCUT2D eigenvalue weighted by Crippen LogP contribution is -2.41. The van der Waals surface area contributed by atoms with Crippen molar-refractivity contribution in [2.24, 2.45) is 0 Å². The van der Waals surface area contributed by atoms with Crippen molar-refractivity contribution in [3.8, 4) is 0 Å². The van der Waals surface area contributed by atoms with E-state index in [0.717, 1.165) is 28.0 Å². The first-order chi connectivity index (χ1) is 12.3. The first-order valence-electron chi connectivity index (χ1n) is 8.60. The molecule has 26 heavy (non-hydrogen) atoms. The third-order valence-electron chi connectivity index (χ3n) is 4.15. The van der Waals surface area contributed by atoms with Crippen molar-refractivity contribution < 1.29 is 14.4 Å². The van der Waals surface area contributed by atoms with E-state index in [1.54, 1.807) is 0 Å². The number of carbonyl (C=O) groups excluding carboxylic acids is 3. The van der Waals surface area contributed by atoms with E-state index >= 15 is 0 Å². The number of hydrogen-bond donors (Lipinski definition) is 2. The van der Waals surface area contributed by atoms with Crippen LogP contribution in [0.2, 0.25) is 0 Å². The number of thiophene rings is 1. The Hall–Kier alpha value is -2.47. The molecule has 138 valence electrons. The maximum Gasteiger partial charge on any atom is 0.279 e. The summed E-state index contributed by atoms with van der Waals surface area (Å²) in [6, 6.07) is 7.50. The smallest absolute Gasteiger partial charge is 0.279 e. The average molecular weight is 372 g/mol. The monoisotopic (exact) mass is 372 g/mol. The Balaban J connectivity index is 1.84. The molecule has 2 N–H and O–H groups in total. The minimum Gasteiger partial charge on any atom is -0.294 e. The van der Waals surface area contributed by atoms with Gasteiger partial charge in [0.1, 0.15) is 0 Å². The zero-order valence-electron chi connectivity index (χ0n) is 15.6. The standard InChI is InChI=1S/C20H24N2O3S/c1-5-17-14(4)11-18(26-17)20(25)22-21-19(24)9-8-16(23)15-10-12(2)6-7-13(15)3/h6-7,10-11H,5,8-9H2,1-4H3,(H,21,24)(H,22,25). The van der Waals surface area contributed by atoms with Crippen molar-refractivity contribution in [1.29, 1.82) is 0 Å². The number of hydrogen-bond acceptors (Lipinski definition) is 4. The lowest BCUT2D eigenvalue weighted by Gasteiger charge is -2.08. The lowest BCUT2D eigenvalue weighted by atomic mass is 9.99. The molecule has 0 atom stereocenters. The van der Waals surface area contributed by atoms with Gasteiger partial charge in [-0.15, -0.1) is 11.3 Å². The Labute approximate surface area is 157 Å². The number of rotatable bonds is 6. The molecular weight excluding hydrogens is 348 g/mol. The van der Waals surface area contributed by atoms with E-state index in [1.165, 1.54) is 11.3 Å². The van der Waals surface area contributed by atoms with Crippen molar-refractivity contribution in [3.63, 3.8) is 0 Å². The van der Waals surface area contributed by atoms with Gasteiger partial charge in [0.05, 0.1) is 4.88 Å². The zero-order chi connectivity index (χ0) is 19.3. The van der Waals surface area contributed by atoms with Crippen molar-refractivity contribution >= 4 is 28.9 Å². The first-order valence-corrected chi connectivity index (χ1v) is 9.42. The van der Waals surface area contributed by atoms with Gasteiger partial charge >= 0.3 is 0 Å². The summed E-state index contributed by atoms with van der Waals surface area (Å²) in [6.45, 7) is 7.80. The SMILES string of the molecule is CCc1sc(C(=O)NNC(=O)CCC(=O)c2cc(C)ccc2C)cc1C. The van der Waals surface area contributed by atoms with Crippen LogP contribution >= 0.6 is 11.3 Å². The topological polar surface area (TPSA) is 75.3 Å². The van der Waals surface area contributed by atoms with Crippen LogP contribution in [0.5, 0.6) is 0 Å². The molecule has 1 aromatic carbocycles. The van der Waals surface area contributed by atoms with Crippen LogP contribution in [0.15, 0.2) is 24.3 Å². The number of amides is 2. The largest absolute Gasteiger partial charge is 0.294 e. The van der Waals surface area contributed by atoms with Crippen molar-refractivity contribution in [2.75, 3.05) is 0 Å². The van der Waals surface area contributed by atoms with Gasteiger partial charge in [-0.25, -0.2) is 0 Å². The normalized spacial score (nSPS) is 10.5. The van der Waals surface area contributed by atoms with Gasteiger partial charge in [-0.05, 0) is 50.5 Å². The number of hydrazine groups is 1. The predicted octanol–water partition coefficient (Wildman–Crippen LogP) is 3.66. The lowest BCUT2D eigenvalue weighted by molar-refractivity contribution is -0.121. The molecule has 0 saturated heterocycles.